The van der Waals surface area contributed by atoms with Gasteiger partial charge in [-0.1, -0.05) is 54.6 Å². The van der Waals surface area contributed by atoms with Gasteiger partial charge < -0.3 is 9.67 Å². The van der Waals surface area contributed by atoms with Crippen molar-refractivity contribution in [3.63, 3.8) is 0 Å². The predicted molar refractivity (Wildman–Crippen MR) is 116 cm³/mol. The van der Waals surface area contributed by atoms with Crippen LogP contribution in [0.1, 0.15) is 18.1 Å². The van der Waals surface area contributed by atoms with Crippen molar-refractivity contribution in [1.29, 1.82) is 0 Å². The predicted octanol–water partition coefficient (Wildman–Crippen LogP) is 5.93. The maximum atomic E-state index is 13.3. The summed E-state index contributed by atoms with van der Waals surface area (Å²) in [4.78, 5) is 15.8. The maximum Gasteiger partial charge on any atom is 0.407 e. The molecule has 1 atom stereocenters. The van der Waals surface area contributed by atoms with E-state index in [-0.39, 0.29) is 18.5 Å². The van der Waals surface area contributed by atoms with E-state index >= 15 is 0 Å². The Bertz CT molecular complexity index is 1320. The van der Waals surface area contributed by atoms with E-state index in [9.17, 15) is 23.1 Å². The van der Waals surface area contributed by atoms with Gasteiger partial charge in [0.05, 0.1) is 18.7 Å². The lowest BCUT2D eigenvalue weighted by atomic mass is 9.93. The van der Waals surface area contributed by atoms with E-state index in [1.165, 1.54) is 13.0 Å². The van der Waals surface area contributed by atoms with E-state index in [0.29, 0.717) is 0 Å². The van der Waals surface area contributed by atoms with Gasteiger partial charge in [-0.15, -0.1) is 0 Å². The molecule has 0 unspecified atom stereocenters. The minimum absolute atomic E-state index is 0.0495. The first-order chi connectivity index (χ1) is 15.1. The van der Waals surface area contributed by atoms with Crippen molar-refractivity contribution in [1.82, 2.24) is 4.57 Å². The largest absolute Gasteiger partial charge is 0.407 e. The van der Waals surface area contributed by atoms with Gasteiger partial charge in [0.2, 0.25) is 0 Å². The number of hydrogen-bond acceptors (Lipinski definition) is 2. The summed E-state index contributed by atoms with van der Waals surface area (Å²) in [6.07, 6.45) is -5.09. The van der Waals surface area contributed by atoms with Crippen molar-refractivity contribution in [3.05, 3.63) is 89.3 Å². The van der Waals surface area contributed by atoms with Crippen LogP contribution in [-0.4, -0.2) is 21.1 Å². The molecule has 1 heterocycles. The van der Waals surface area contributed by atoms with Gasteiger partial charge in [-0.25, -0.2) is 4.85 Å². The molecular formula is C25H19F3N2O2. The minimum Gasteiger partial charge on any atom is -0.380 e. The number of fused-ring (bicyclic) bond motifs is 3. The summed E-state index contributed by atoms with van der Waals surface area (Å²) >= 11 is 0. The van der Waals surface area contributed by atoms with Crippen LogP contribution < -0.4 is 0 Å². The first kappa shape index (κ1) is 21.6. The van der Waals surface area contributed by atoms with Gasteiger partial charge in [-0.3, -0.25) is 4.79 Å². The molecule has 0 amide bonds. The van der Waals surface area contributed by atoms with Gasteiger partial charge in [-0.05, 0) is 24.6 Å². The Labute approximate surface area is 182 Å². The summed E-state index contributed by atoms with van der Waals surface area (Å²) in [7, 11) is 0. The van der Waals surface area contributed by atoms with E-state index in [0.717, 1.165) is 33.9 Å². The van der Waals surface area contributed by atoms with Crippen molar-refractivity contribution >= 4 is 33.3 Å². The molecule has 3 aromatic carbocycles. The molecule has 0 bridgehead atoms. The fraction of sp³-hybridized carbons (Fsp3) is 0.200. The van der Waals surface area contributed by atoms with Crippen LogP contribution in [0.2, 0.25) is 0 Å². The number of rotatable bonds is 5. The van der Waals surface area contributed by atoms with Crippen LogP contribution in [0.25, 0.3) is 26.7 Å². The molecule has 162 valence electrons. The number of alkyl halides is 3. The first-order valence-electron chi connectivity index (χ1n) is 9.91. The zero-order valence-corrected chi connectivity index (χ0v) is 17.1. The number of carbonyl (C=O) groups is 1. The lowest BCUT2D eigenvalue weighted by Gasteiger charge is -2.24. The number of carbonyl (C=O) groups excluding carboxylic acids is 1. The number of aromatic nitrogens is 1. The normalized spacial score (nSPS) is 13.8. The summed E-state index contributed by atoms with van der Waals surface area (Å²) in [5, 5.41) is 13.0. The average molecular weight is 436 g/mol. The zero-order chi connectivity index (χ0) is 23.1. The Balaban J connectivity index is 1.67. The summed E-state index contributed by atoms with van der Waals surface area (Å²) in [5.41, 5.74) is -1.63. The third-order valence-corrected chi connectivity index (χ3v) is 5.60. The SMILES string of the molecule is [C-]#[N+]c1ccc(CC(=O)[C@@](C)(O)Cn2c3ccccc3c3ccccc32)cc1C(F)(F)F. The highest BCUT2D eigenvalue weighted by Crippen LogP contribution is 2.37. The highest BCUT2D eigenvalue weighted by atomic mass is 19.4. The van der Waals surface area contributed by atoms with Gasteiger partial charge in [-0.2, -0.15) is 13.2 Å². The molecule has 0 fully saturated rings. The van der Waals surface area contributed by atoms with Crippen LogP contribution in [0, 0.1) is 6.57 Å². The Morgan fingerprint density at radius 1 is 1.00 bits per heavy atom. The van der Waals surface area contributed by atoms with E-state index < -0.39 is 28.8 Å². The number of aliphatic hydroxyl groups is 1. The molecule has 7 heteroatoms. The van der Waals surface area contributed by atoms with Crippen molar-refractivity contribution in [2.45, 2.75) is 31.7 Å². The van der Waals surface area contributed by atoms with Crippen LogP contribution in [0.4, 0.5) is 18.9 Å². The summed E-state index contributed by atoms with van der Waals surface area (Å²) in [6, 6.07) is 18.4. The summed E-state index contributed by atoms with van der Waals surface area (Å²) in [5.74, 6) is -0.608. The van der Waals surface area contributed by atoms with E-state index in [1.807, 2.05) is 53.1 Å². The highest BCUT2D eigenvalue weighted by Gasteiger charge is 2.35. The topological polar surface area (TPSA) is 46.6 Å². The quantitative estimate of drug-likeness (QED) is 0.395. The second-order valence-electron chi connectivity index (χ2n) is 7.96. The Kier molecular flexibility index (Phi) is 5.27. The van der Waals surface area contributed by atoms with Crippen LogP contribution in [0.15, 0.2) is 66.7 Å². The van der Waals surface area contributed by atoms with Crippen LogP contribution in [0.5, 0.6) is 0 Å². The lowest BCUT2D eigenvalue weighted by molar-refractivity contribution is -0.138. The average Bonchev–Trinajstić information content (AvgIpc) is 3.06. The number of halogens is 3. The standard InChI is InChI=1S/C25H19F3N2O2/c1-24(32,23(31)14-16-11-12-20(29-2)19(13-16)25(26,27)28)15-30-21-9-5-3-7-17(21)18-8-4-6-10-22(18)30/h3-13,32H,14-15H2,1H3/t24-/m0/s1. The maximum absolute atomic E-state index is 13.3. The second kappa shape index (κ2) is 7.81. The summed E-state index contributed by atoms with van der Waals surface area (Å²) in [6.45, 7) is 8.26. The second-order valence-corrected chi connectivity index (χ2v) is 7.96. The van der Waals surface area contributed by atoms with Crippen molar-refractivity contribution in [3.8, 4) is 0 Å². The van der Waals surface area contributed by atoms with E-state index in [2.05, 4.69) is 4.85 Å². The molecule has 0 radical (unpaired) electrons. The third kappa shape index (κ3) is 3.85. The Morgan fingerprint density at radius 2 is 1.56 bits per heavy atom. The first-order valence-corrected chi connectivity index (χ1v) is 9.91. The van der Waals surface area contributed by atoms with Crippen molar-refractivity contribution < 1.29 is 23.1 Å². The molecule has 0 spiro atoms. The number of Topliss-reactive ketones (excluding diaryl/α,β-unsaturated/α-hetero) is 1. The van der Waals surface area contributed by atoms with Crippen LogP contribution >= 0.6 is 0 Å². The number of ketones is 1. The van der Waals surface area contributed by atoms with E-state index in [1.54, 1.807) is 0 Å². The lowest BCUT2D eigenvalue weighted by Crippen LogP contribution is -2.40. The highest BCUT2D eigenvalue weighted by molar-refractivity contribution is 6.08. The van der Waals surface area contributed by atoms with Crippen LogP contribution in [0.3, 0.4) is 0 Å². The third-order valence-electron chi connectivity index (χ3n) is 5.60. The van der Waals surface area contributed by atoms with Crippen LogP contribution in [-0.2, 0) is 23.9 Å². The molecule has 0 aliphatic rings. The van der Waals surface area contributed by atoms with E-state index in [4.69, 9.17) is 6.57 Å². The number of benzene rings is 3. The van der Waals surface area contributed by atoms with Crippen molar-refractivity contribution in [2.24, 2.45) is 0 Å². The number of para-hydroxylation sites is 2. The smallest absolute Gasteiger partial charge is 0.380 e. The fourth-order valence-corrected chi connectivity index (χ4v) is 3.96. The van der Waals surface area contributed by atoms with Gasteiger partial charge >= 0.3 is 6.18 Å². The van der Waals surface area contributed by atoms with Gasteiger partial charge in [0, 0.05) is 28.2 Å². The molecule has 32 heavy (non-hydrogen) atoms. The molecule has 0 aliphatic carbocycles. The van der Waals surface area contributed by atoms with Crippen molar-refractivity contribution in [2.75, 3.05) is 0 Å². The monoisotopic (exact) mass is 436 g/mol. The Morgan fingerprint density at radius 3 is 2.09 bits per heavy atom. The molecular weight excluding hydrogens is 417 g/mol. The molecule has 4 nitrogen and oxygen atoms in total. The Hall–Kier alpha value is -3.63. The zero-order valence-electron chi connectivity index (χ0n) is 17.1. The molecule has 0 saturated carbocycles. The van der Waals surface area contributed by atoms with Gasteiger partial charge in [0.1, 0.15) is 5.60 Å². The van der Waals surface area contributed by atoms with Gasteiger partial charge in [0.25, 0.3) is 0 Å². The minimum atomic E-state index is -4.70. The molecule has 1 N–H and O–H groups in total. The molecule has 0 saturated heterocycles. The molecule has 0 aliphatic heterocycles. The molecule has 4 aromatic rings. The fourth-order valence-electron chi connectivity index (χ4n) is 3.96. The van der Waals surface area contributed by atoms with Gasteiger partial charge in [0.15, 0.2) is 11.5 Å². The molecule has 4 rings (SSSR count). The number of nitrogens with zero attached hydrogens (tertiary/aromatic N) is 2. The molecule has 1 aromatic heterocycles. The summed E-state index contributed by atoms with van der Waals surface area (Å²) < 4.78 is 41.6. The number of hydrogen-bond donors (Lipinski definition) is 1.